The third-order valence-electron chi connectivity index (χ3n) is 4.43. The number of aromatic nitrogens is 2. The minimum absolute atomic E-state index is 0.511. The van der Waals surface area contributed by atoms with Gasteiger partial charge in [0.15, 0.2) is 0 Å². The highest BCUT2D eigenvalue weighted by Crippen LogP contribution is 2.31. The summed E-state index contributed by atoms with van der Waals surface area (Å²) >= 11 is 0. The first kappa shape index (κ1) is 13.0. The summed E-state index contributed by atoms with van der Waals surface area (Å²) in [5.74, 6) is 1.02. The van der Waals surface area contributed by atoms with Gasteiger partial charge in [0, 0.05) is 25.0 Å². The van der Waals surface area contributed by atoms with Crippen molar-refractivity contribution in [1.29, 1.82) is 0 Å². The maximum Gasteiger partial charge on any atom is 0.203 e. The zero-order chi connectivity index (χ0) is 12.9. The van der Waals surface area contributed by atoms with Crippen molar-refractivity contribution >= 4 is 5.95 Å². The summed E-state index contributed by atoms with van der Waals surface area (Å²) in [5.41, 5.74) is 0. The van der Waals surface area contributed by atoms with E-state index >= 15 is 0 Å². The molecule has 2 aliphatic rings. The average molecular weight is 263 g/mol. The summed E-state index contributed by atoms with van der Waals surface area (Å²) in [6.07, 6.45) is 15.0. The van der Waals surface area contributed by atoms with Crippen LogP contribution < -0.4 is 5.32 Å². The van der Waals surface area contributed by atoms with Crippen LogP contribution in [0.3, 0.4) is 0 Å². The Morgan fingerprint density at radius 2 is 1.89 bits per heavy atom. The van der Waals surface area contributed by atoms with E-state index in [2.05, 4.69) is 21.1 Å². The lowest BCUT2D eigenvalue weighted by molar-refractivity contribution is 0.0658. The smallest absolute Gasteiger partial charge is 0.203 e. The molecule has 19 heavy (non-hydrogen) atoms. The Balaban J connectivity index is 1.43. The average Bonchev–Trinajstić information content (AvgIpc) is 3.15. The maximum atomic E-state index is 5.87. The molecule has 106 valence electrons. The Morgan fingerprint density at radius 1 is 1.16 bits per heavy atom. The molecule has 0 radical (unpaired) electrons. The molecule has 1 N–H and O–H groups in total. The largest absolute Gasteiger partial charge is 0.376 e. The zero-order valence-corrected chi connectivity index (χ0v) is 11.7. The van der Waals surface area contributed by atoms with Crippen molar-refractivity contribution in [3.63, 3.8) is 0 Å². The van der Waals surface area contributed by atoms with Gasteiger partial charge in [-0.15, -0.1) is 0 Å². The molecule has 0 aromatic carbocycles. The summed E-state index contributed by atoms with van der Waals surface area (Å²) in [5, 5.41) is 3.42. The van der Waals surface area contributed by atoms with E-state index in [1.807, 2.05) is 6.20 Å². The fourth-order valence-corrected chi connectivity index (χ4v) is 3.37. The Labute approximate surface area is 115 Å². The number of ether oxygens (including phenoxy) is 1. The molecule has 0 saturated heterocycles. The molecule has 3 rings (SSSR count). The van der Waals surface area contributed by atoms with Gasteiger partial charge < -0.3 is 14.6 Å². The van der Waals surface area contributed by atoms with E-state index in [9.17, 15) is 0 Å². The second-order valence-corrected chi connectivity index (χ2v) is 5.80. The SMILES string of the molecule is c1cn(C2CCCC2)c(NCCOC2CCCC2)n1. The van der Waals surface area contributed by atoms with Crippen LogP contribution in [-0.4, -0.2) is 28.8 Å². The lowest BCUT2D eigenvalue weighted by atomic mass is 10.2. The number of nitrogens with one attached hydrogen (secondary N) is 1. The van der Waals surface area contributed by atoms with Gasteiger partial charge >= 0.3 is 0 Å². The number of hydrogen-bond acceptors (Lipinski definition) is 3. The number of nitrogens with zero attached hydrogens (tertiary/aromatic N) is 2. The second kappa shape index (κ2) is 6.42. The lowest BCUT2D eigenvalue weighted by Gasteiger charge is -2.16. The van der Waals surface area contributed by atoms with Crippen LogP contribution in [0.25, 0.3) is 0 Å². The van der Waals surface area contributed by atoms with E-state index in [4.69, 9.17) is 4.74 Å². The molecule has 0 unspecified atom stereocenters. The van der Waals surface area contributed by atoms with Gasteiger partial charge in [-0.3, -0.25) is 0 Å². The fourth-order valence-electron chi connectivity index (χ4n) is 3.37. The molecule has 0 aliphatic heterocycles. The van der Waals surface area contributed by atoms with Gasteiger partial charge in [0.05, 0.1) is 12.7 Å². The van der Waals surface area contributed by atoms with Crippen molar-refractivity contribution in [3.05, 3.63) is 12.4 Å². The van der Waals surface area contributed by atoms with Crippen LogP contribution in [0.15, 0.2) is 12.4 Å². The molecule has 1 aromatic heterocycles. The zero-order valence-electron chi connectivity index (χ0n) is 11.7. The lowest BCUT2D eigenvalue weighted by Crippen LogP contribution is -2.18. The van der Waals surface area contributed by atoms with Crippen LogP contribution in [0.4, 0.5) is 5.95 Å². The Morgan fingerprint density at radius 3 is 2.68 bits per heavy atom. The topological polar surface area (TPSA) is 39.1 Å². The molecule has 2 fully saturated rings. The van der Waals surface area contributed by atoms with Gasteiger partial charge in [0.1, 0.15) is 0 Å². The molecule has 0 atom stereocenters. The summed E-state index contributed by atoms with van der Waals surface area (Å²) in [7, 11) is 0. The molecule has 2 aliphatic carbocycles. The normalized spacial score (nSPS) is 21.3. The number of anilines is 1. The first-order chi connectivity index (χ1) is 9.43. The van der Waals surface area contributed by atoms with Crippen LogP contribution in [0.1, 0.15) is 57.4 Å². The summed E-state index contributed by atoms with van der Waals surface area (Å²) < 4.78 is 8.18. The first-order valence-electron chi connectivity index (χ1n) is 7.82. The summed E-state index contributed by atoms with van der Waals surface area (Å²) in [6.45, 7) is 1.66. The monoisotopic (exact) mass is 263 g/mol. The highest BCUT2D eigenvalue weighted by Gasteiger charge is 2.19. The highest BCUT2D eigenvalue weighted by atomic mass is 16.5. The predicted molar refractivity (Wildman–Crippen MR) is 76.4 cm³/mol. The van der Waals surface area contributed by atoms with Crippen molar-refractivity contribution in [1.82, 2.24) is 9.55 Å². The second-order valence-electron chi connectivity index (χ2n) is 5.80. The van der Waals surface area contributed by atoms with Crippen LogP contribution in [-0.2, 0) is 4.74 Å². The van der Waals surface area contributed by atoms with Crippen molar-refractivity contribution in [2.24, 2.45) is 0 Å². The third kappa shape index (κ3) is 3.30. The number of rotatable bonds is 6. The minimum Gasteiger partial charge on any atom is -0.376 e. The summed E-state index contributed by atoms with van der Waals surface area (Å²) in [4.78, 5) is 4.43. The molecule has 2 saturated carbocycles. The molecule has 1 aromatic rings. The van der Waals surface area contributed by atoms with Crippen LogP contribution in [0.2, 0.25) is 0 Å². The van der Waals surface area contributed by atoms with Crippen molar-refractivity contribution in [2.45, 2.75) is 63.5 Å². The standard InChI is InChI=1S/C15H25N3O/c1-2-6-13(5-1)18-11-9-16-15(18)17-10-12-19-14-7-3-4-8-14/h9,11,13-14H,1-8,10,12H2,(H,16,17). The van der Waals surface area contributed by atoms with E-state index in [1.165, 1.54) is 51.4 Å². The number of imidazole rings is 1. The van der Waals surface area contributed by atoms with E-state index < -0.39 is 0 Å². The van der Waals surface area contributed by atoms with E-state index in [0.717, 1.165) is 19.1 Å². The van der Waals surface area contributed by atoms with Crippen molar-refractivity contribution in [3.8, 4) is 0 Å². The molecule has 4 heteroatoms. The molecule has 0 spiro atoms. The molecule has 1 heterocycles. The highest BCUT2D eigenvalue weighted by molar-refractivity contribution is 5.26. The third-order valence-corrected chi connectivity index (χ3v) is 4.43. The van der Waals surface area contributed by atoms with Crippen LogP contribution in [0, 0.1) is 0 Å². The van der Waals surface area contributed by atoms with Gasteiger partial charge in [-0.25, -0.2) is 4.98 Å². The number of hydrogen-bond donors (Lipinski definition) is 1. The maximum absolute atomic E-state index is 5.87. The Hall–Kier alpha value is -1.03. The van der Waals surface area contributed by atoms with Gasteiger partial charge in [-0.2, -0.15) is 0 Å². The van der Waals surface area contributed by atoms with Crippen molar-refractivity contribution < 1.29 is 4.74 Å². The van der Waals surface area contributed by atoms with E-state index in [1.54, 1.807) is 0 Å². The van der Waals surface area contributed by atoms with Gasteiger partial charge in [0.2, 0.25) is 5.95 Å². The van der Waals surface area contributed by atoms with Crippen molar-refractivity contribution in [2.75, 3.05) is 18.5 Å². The summed E-state index contributed by atoms with van der Waals surface area (Å²) in [6, 6.07) is 0.653. The predicted octanol–water partition coefficient (Wildman–Crippen LogP) is 3.37. The molecular weight excluding hydrogens is 238 g/mol. The molecule has 4 nitrogen and oxygen atoms in total. The van der Waals surface area contributed by atoms with Gasteiger partial charge in [0.25, 0.3) is 0 Å². The van der Waals surface area contributed by atoms with Gasteiger partial charge in [-0.1, -0.05) is 25.7 Å². The molecule has 0 bridgehead atoms. The van der Waals surface area contributed by atoms with E-state index in [-0.39, 0.29) is 0 Å². The van der Waals surface area contributed by atoms with Crippen LogP contribution in [0.5, 0.6) is 0 Å². The van der Waals surface area contributed by atoms with Crippen LogP contribution >= 0.6 is 0 Å². The first-order valence-corrected chi connectivity index (χ1v) is 7.82. The quantitative estimate of drug-likeness (QED) is 0.800. The van der Waals surface area contributed by atoms with Gasteiger partial charge in [-0.05, 0) is 25.7 Å². The molecular formula is C15H25N3O. The Kier molecular flexibility index (Phi) is 4.38. The van der Waals surface area contributed by atoms with E-state index in [0.29, 0.717) is 12.1 Å². The Bertz CT molecular complexity index is 378. The molecule has 0 amide bonds. The fraction of sp³-hybridized carbons (Fsp3) is 0.800. The minimum atomic E-state index is 0.511.